The Bertz CT molecular complexity index is 1460. The van der Waals surface area contributed by atoms with Gasteiger partial charge in [-0.1, -0.05) is 42.5 Å². The number of ether oxygens (including phenoxy) is 2. The second-order valence-corrected chi connectivity index (χ2v) is 12.9. The molecule has 2 bridgehead atoms. The molecule has 3 aromatic rings. The molecule has 1 N–H and O–H groups in total. The summed E-state index contributed by atoms with van der Waals surface area (Å²) in [7, 11) is 0. The molecular formula is C32H36N4O4. The smallest absolute Gasteiger partial charge is 0.329 e. The fourth-order valence-corrected chi connectivity index (χ4v) is 8.11. The first-order chi connectivity index (χ1) is 19.5. The molecule has 3 aliphatic carbocycles. The minimum absolute atomic E-state index is 0.0832. The Morgan fingerprint density at radius 2 is 1.95 bits per heavy atom. The zero-order chi connectivity index (χ0) is 26.9. The van der Waals surface area contributed by atoms with E-state index in [1.807, 2.05) is 30.3 Å². The standard InChI is InChI=1S/C32H36N4O4/c37-26-18-31(29(33-26)30(38)40-19-21-7-2-1-3-8-21)12-13-35(20-31)36-24-10-6-9-23(25-11-4-5-14-39-25)27(24)28(34-36)32-15-22(16-32)17-32/h1-3,6-10,22,25,29H,4-5,11-20H2,(H,33,37)/t22?,25?,29?,31-,32?/m1/s1. The summed E-state index contributed by atoms with van der Waals surface area (Å²) in [6, 6.07) is 15.6. The Hall–Kier alpha value is -3.39. The largest absolute Gasteiger partial charge is 0.459 e. The molecule has 9 rings (SSSR count). The number of nitrogens with one attached hydrogen (secondary N) is 1. The fraction of sp³-hybridized carbons (Fsp3) is 0.531. The summed E-state index contributed by atoms with van der Waals surface area (Å²) in [5, 5.41) is 11.8. The molecule has 3 saturated heterocycles. The lowest BCUT2D eigenvalue weighted by atomic mass is 9.43. The zero-order valence-corrected chi connectivity index (χ0v) is 22.8. The zero-order valence-electron chi connectivity index (χ0n) is 22.8. The van der Waals surface area contributed by atoms with E-state index in [1.54, 1.807) is 0 Å². The summed E-state index contributed by atoms with van der Waals surface area (Å²) < 4.78 is 12.0. The van der Waals surface area contributed by atoms with Gasteiger partial charge in [0.1, 0.15) is 12.6 Å². The maximum Gasteiger partial charge on any atom is 0.329 e. The van der Waals surface area contributed by atoms with Crippen molar-refractivity contribution in [1.82, 2.24) is 15.2 Å². The van der Waals surface area contributed by atoms with Gasteiger partial charge in [-0.25, -0.2) is 4.79 Å². The molecule has 8 nitrogen and oxygen atoms in total. The Balaban J connectivity index is 1.11. The minimum atomic E-state index is -0.654. The highest BCUT2D eigenvalue weighted by molar-refractivity contribution is 5.91. The van der Waals surface area contributed by atoms with Crippen LogP contribution in [0.15, 0.2) is 48.5 Å². The molecule has 6 fully saturated rings. The Labute approximate surface area is 234 Å². The molecule has 2 aromatic carbocycles. The van der Waals surface area contributed by atoms with Gasteiger partial charge in [-0.05, 0) is 68.1 Å². The topological polar surface area (TPSA) is 85.7 Å². The van der Waals surface area contributed by atoms with Crippen molar-refractivity contribution in [2.75, 3.05) is 24.7 Å². The molecule has 1 aromatic heterocycles. The molecule has 4 heterocycles. The molecule has 40 heavy (non-hydrogen) atoms. The molecule has 6 aliphatic rings. The summed E-state index contributed by atoms with van der Waals surface area (Å²) in [5.41, 5.74) is 4.25. The number of esters is 1. The Morgan fingerprint density at radius 3 is 2.70 bits per heavy atom. The Morgan fingerprint density at radius 1 is 1.10 bits per heavy atom. The van der Waals surface area contributed by atoms with Crippen molar-refractivity contribution >= 4 is 22.8 Å². The van der Waals surface area contributed by atoms with Crippen molar-refractivity contribution in [2.45, 2.75) is 75.5 Å². The number of benzene rings is 2. The maximum atomic E-state index is 13.3. The molecule has 3 aliphatic heterocycles. The molecule has 8 heteroatoms. The van der Waals surface area contributed by atoms with Crippen LogP contribution in [0.1, 0.15) is 74.3 Å². The second kappa shape index (κ2) is 9.06. The van der Waals surface area contributed by atoms with Crippen molar-refractivity contribution in [3.63, 3.8) is 0 Å². The number of aromatic nitrogens is 2. The van der Waals surface area contributed by atoms with Crippen LogP contribution in [0.3, 0.4) is 0 Å². The van der Waals surface area contributed by atoms with Crippen LogP contribution in [-0.4, -0.2) is 47.5 Å². The van der Waals surface area contributed by atoms with Crippen molar-refractivity contribution in [2.24, 2.45) is 11.3 Å². The van der Waals surface area contributed by atoms with Crippen LogP contribution < -0.4 is 10.3 Å². The molecule has 1 amide bonds. The van der Waals surface area contributed by atoms with E-state index < -0.39 is 11.5 Å². The van der Waals surface area contributed by atoms with E-state index in [0.717, 1.165) is 49.4 Å². The summed E-state index contributed by atoms with van der Waals surface area (Å²) >= 11 is 0. The van der Waals surface area contributed by atoms with Gasteiger partial charge in [0, 0.05) is 42.3 Å². The normalized spacial score (nSPS) is 32.6. The van der Waals surface area contributed by atoms with Crippen LogP contribution in [0.2, 0.25) is 0 Å². The van der Waals surface area contributed by atoms with E-state index in [-0.39, 0.29) is 30.0 Å². The van der Waals surface area contributed by atoms with Crippen molar-refractivity contribution in [1.29, 1.82) is 0 Å². The summed E-state index contributed by atoms with van der Waals surface area (Å²) in [6.45, 7) is 2.32. The summed E-state index contributed by atoms with van der Waals surface area (Å²) in [5.74, 6) is 0.417. The lowest BCUT2D eigenvalue weighted by Gasteiger charge is -2.61. The third-order valence-corrected chi connectivity index (χ3v) is 10.3. The van der Waals surface area contributed by atoms with Gasteiger partial charge in [0.05, 0.1) is 17.3 Å². The molecule has 3 saturated carbocycles. The number of nitrogens with zero attached hydrogens (tertiary/aromatic N) is 3. The lowest BCUT2D eigenvalue weighted by Crippen LogP contribution is -2.55. The molecule has 2 unspecified atom stereocenters. The fourth-order valence-electron chi connectivity index (χ4n) is 8.11. The van der Waals surface area contributed by atoms with Gasteiger partial charge in [-0.3, -0.25) is 9.80 Å². The van der Waals surface area contributed by atoms with Gasteiger partial charge in [-0.15, -0.1) is 0 Å². The van der Waals surface area contributed by atoms with Crippen molar-refractivity contribution in [3.8, 4) is 0 Å². The first kappa shape index (κ1) is 24.4. The molecular weight excluding hydrogens is 504 g/mol. The van der Waals surface area contributed by atoms with Gasteiger partial charge >= 0.3 is 5.97 Å². The number of hydrogen-bond acceptors (Lipinski definition) is 6. The van der Waals surface area contributed by atoms with Gasteiger partial charge in [0.15, 0.2) is 0 Å². The van der Waals surface area contributed by atoms with Gasteiger partial charge in [-0.2, -0.15) is 9.89 Å². The highest BCUT2D eigenvalue weighted by Crippen LogP contribution is 2.66. The van der Waals surface area contributed by atoms with E-state index in [9.17, 15) is 9.59 Å². The number of rotatable bonds is 6. The predicted molar refractivity (Wildman–Crippen MR) is 149 cm³/mol. The second-order valence-electron chi connectivity index (χ2n) is 12.9. The molecule has 3 atom stereocenters. The number of carbonyl (C=O) groups is 2. The van der Waals surface area contributed by atoms with Crippen LogP contribution in [0, 0.1) is 11.3 Å². The molecule has 0 radical (unpaired) electrons. The average molecular weight is 541 g/mol. The number of amides is 1. The minimum Gasteiger partial charge on any atom is -0.459 e. The summed E-state index contributed by atoms with van der Waals surface area (Å²) in [4.78, 5) is 28.1. The molecule has 208 valence electrons. The highest BCUT2D eigenvalue weighted by atomic mass is 16.5. The maximum absolute atomic E-state index is 13.3. The van der Waals surface area contributed by atoms with Crippen LogP contribution in [-0.2, 0) is 31.1 Å². The third-order valence-electron chi connectivity index (χ3n) is 10.3. The van der Waals surface area contributed by atoms with Crippen LogP contribution in [0.5, 0.6) is 0 Å². The number of fused-ring (bicyclic) bond motifs is 1. The van der Waals surface area contributed by atoms with Crippen LogP contribution in [0.4, 0.5) is 0 Å². The van der Waals surface area contributed by atoms with E-state index in [0.29, 0.717) is 13.0 Å². The average Bonchev–Trinajstić information content (AvgIpc) is 3.62. The predicted octanol–water partition coefficient (Wildman–Crippen LogP) is 4.29. The SMILES string of the molecule is O=C1C[C@@]2(CCN(n3nc(C45CC(C4)C5)c4c(C5CCCCO5)cccc43)C2)C(C(=O)OCc2ccccc2)N1. The van der Waals surface area contributed by atoms with E-state index in [2.05, 4.69) is 33.3 Å². The van der Waals surface area contributed by atoms with Crippen molar-refractivity contribution in [3.05, 3.63) is 65.4 Å². The molecule has 1 spiro atoms. The highest BCUT2D eigenvalue weighted by Gasteiger charge is 2.60. The third kappa shape index (κ3) is 3.71. The Kier molecular flexibility index (Phi) is 5.53. The van der Waals surface area contributed by atoms with E-state index >= 15 is 0 Å². The van der Waals surface area contributed by atoms with Crippen LogP contribution >= 0.6 is 0 Å². The van der Waals surface area contributed by atoms with E-state index in [4.69, 9.17) is 14.6 Å². The van der Waals surface area contributed by atoms with Gasteiger partial charge in [0.2, 0.25) is 5.91 Å². The number of carbonyl (C=O) groups excluding carboxylic acids is 2. The first-order valence-electron chi connectivity index (χ1n) is 14.9. The van der Waals surface area contributed by atoms with Gasteiger partial charge < -0.3 is 14.8 Å². The monoisotopic (exact) mass is 540 g/mol. The number of hydrogen-bond donors (Lipinski definition) is 1. The quantitative estimate of drug-likeness (QED) is 0.470. The van der Waals surface area contributed by atoms with E-state index in [1.165, 1.54) is 42.3 Å². The lowest BCUT2D eigenvalue weighted by molar-refractivity contribution is -0.150. The van der Waals surface area contributed by atoms with Crippen molar-refractivity contribution < 1.29 is 19.1 Å². The van der Waals surface area contributed by atoms with Gasteiger partial charge in [0.25, 0.3) is 0 Å². The van der Waals surface area contributed by atoms with Crippen LogP contribution in [0.25, 0.3) is 10.9 Å². The summed E-state index contributed by atoms with van der Waals surface area (Å²) in [6.07, 6.45) is 8.24. The first-order valence-corrected chi connectivity index (χ1v) is 14.9.